The fourth-order valence-corrected chi connectivity index (χ4v) is 9.84. The van der Waals surface area contributed by atoms with E-state index in [1.54, 1.807) is 0 Å². The van der Waals surface area contributed by atoms with Crippen molar-refractivity contribution in [3.63, 3.8) is 0 Å². The average molecular weight is 686 g/mol. The zero-order valence-corrected chi connectivity index (χ0v) is 29.7. The number of aliphatic hydroxyl groups is 1. The van der Waals surface area contributed by atoms with E-state index in [9.17, 15) is 9.90 Å². The molecule has 4 aromatic carbocycles. The van der Waals surface area contributed by atoms with Crippen molar-refractivity contribution in [1.82, 2.24) is 15.5 Å². The van der Waals surface area contributed by atoms with E-state index in [1.165, 1.54) is 24.8 Å². The van der Waals surface area contributed by atoms with Crippen LogP contribution in [0.15, 0.2) is 103 Å². The largest absolute Gasteiger partial charge is 0.392 e. The van der Waals surface area contributed by atoms with Crippen LogP contribution in [0.25, 0.3) is 11.1 Å². The fraction of sp³-hybridized carbons (Fsp3) is 0.432. The zero-order valence-electron chi connectivity index (χ0n) is 29.7. The molecule has 0 radical (unpaired) electrons. The van der Waals surface area contributed by atoms with Crippen LogP contribution in [-0.4, -0.2) is 41.3 Å². The first-order valence-electron chi connectivity index (χ1n) is 18.9. The number of urea groups is 1. The summed E-state index contributed by atoms with van der Waals surface area (Å²) in [6, 6.07) is 35.3. The molecule has 3 N–H and O–H groups in total. The molecule has 5 aliphatic rings. The minimum atomic E-state index is -0.518. The third-order valence-electron chi connectivity index (χ3n) is 11.8. The van der Waals surface area contributed by atoms with E-state index in [0.717, 1.165) is 89.9 Å². The maximum absolute atomic E-state index is 13.3. The highest BCUT2D eigenvalue weighted by Crippen LogP contribution is 2.55. The number of hydrogen-bond donors (Lipinski definition) is 3. The Bertz CT molecular complexity index is 1740. The molecule has 4 aliphatic carbocycles. The lowest BCUT2D eigenvalue weighted by Crippen LogP contribution is -2.61. The summed E-state index contributed by atoms with van der Waals surface area (Å²) in [5.41, 5.74) is 7.48. The van der Waals surface area contributed by atoms with Gasteiger partial charge in [0.05, 0.1) is 18.8 Å². The van der Waals surface area contributed by atoms with Gasteiger partial charge in [0.2, 0.25) is 0 Å². The smallest absolute Gasteiger partial charge is 0.315 e. The molecule has 1 saturated heterocycles. The highest BCUT2D eigenvalue weighted by Gasteiger charge is 2.51. The maximum Gasteiger partial charge on any atom is 0.315 e. The highest BCUT2D eigenvalue weighted by molar-refractivity contribution is 5.76. The molecule has 7 nitrogen and oxygen atoms in total. The summed E-state index contributed by atoms with van der Waals surface area (Å²) >= 11 is 0. The van der Waals surface area contributed by atoms with Gasteiger partial charge in [-0.05, 0) is 96.7 Å². The van der Waals surface area contributed by atoms with Crippen LogP contribution in [-0.2, 0) is 29.2 Å². The molecule has 7 heteroatoms. The molecule has 4 saturated carbocycles. The van der Waals surface area contributed by atoms with Crippen molar-refractivity contribution in [2.24, 2.45) is 17.8 Å². The molecule has 266 valence electrons. The summed E-state index contributed by atoms with van der Waals surface area (Å²) in [7, 11) is 2.14. The van der Waals surface area contributed by atoms with Crippen LogP contribution in [0.3, 0.4) is 0 Å². The van der Waals surface area contributed by atoms with Gasteiger partial charge in [-0.1, -0.05) is 103 Å². The second-order valence-corrected chi connectivity index (χ2v) is 15.8. The van der Waals surface area contributed by atoms with Gasteiger partial charge >= 0.3 is 6.03 Å². The van der Waals surface area contributed by atoms with Crippen LogP contribution in [0.4, 0.5) is 4.79 Å². The number of likely N-dealkylation sites (N-methyl/N-ethyl adjacent to an activating group) is 1. The predicted octanol–water partition coefficient (Wildman–Crippen LogP) is 8.29. The van der Waals surface area contributed by atoms with Crippen LogP contribution >= 0.6 is 0 Å². The molecule has 5 fully saturated rings. The van der Waals surface area contributed by atoms with Gasteiger partial charge in [0.25, 0.3) is 0 Å². The lowest BCUT2D eigenvalue weighted by molar-refractivity contribution is -0.252. The Morgan fingerprint density at radius 3 is 2.10 bits per heavy atom. The number of carbonyl (C=O) groups is 1. The lowest BCUT2D eigenvalue weighted by Gasteiger charge is -2.56. The molecular formula is C44H51N3O4. The van der Waals surface area contributed by atoms with Gasteiger partial charge in [-0.25, -0.2) is 4.79 Å². The lowest BCUT2D eigenvalue weighted by atomic mass is 9.53. The van der Waals surface area contributed by atoms with Gasteiger partial charge in [-0.15, -0.1) is 0 Å². The first-order chi connectivity index (χ1) is 24.9. The van der Waals surface area contributed by atoms with Crippen LogP contribution in [0.5, 0.6) is 0 Å². The van der Waals surface area contributed by atoms with Crippen molar-refractivity contribution in [3.05, 3.63) is 131 Å². The molecule has 3 unspecified atom stereocenters. The van der Waals surface area contributed by atoms with Crippen molar-refractivity contribution in [1.29, 1.82) is 0 Å². The summed E-state index contributed by atoms with van der Waals surface area (Å²) in [4.78, 5) is 15.6. The minimum absolute atomic E-state index is 0.00432. The van der Waals surface area contributed by atoms with E-state index in [1.807, 2.05) is 24.3 Å². The van der Waals surface area contributed by atoms with Crippen molar-refractivity contribution in [3.8, 4) is 11.1 Å². The summed E-state index contributed by atoms with van der Waals surface area (Å²) in [6.45, 7) is 2.11. The highest BCUT2D eigenvalue weighted by atomic mass is 16.7. The Balaban J connectivity index is 0.946. The normalized spacial score (nSPS) is 28.1. The standard InChI is InChI=1S/C44H51N3O4/c1-47(27-30-7-3-2-4-8-30)28-39-22-41(36-13-11-31(29-48)12-14-36)51-42(50-39)37-17-15-35(16-18-37)40-10-6-5-9-38(40)26-45-43(49)46-44-23-32-19-33(24-44)21-34(20-32)25-44/h2-18,32-34,39,41-42,48H,19-29H2,1H3,(H2,45,46,49). The number of aliphatic hydroxyl groups excluding tert-OH is 1. The number of ether oxygens (including phenoxy) is 2. The summed E-state index contributed by atoms with van der Waals surface area (Å²) in [5, 5.41) is 16.2. The van der Waals surface area contributed by atoms with Crippen LogP contribution in [0.1, 0.15) is 85.2 Å². The first kappa shape index (κ1) is 34.1. The number of nitrogens with zero attached hydrogens (tertiary/aromatic N) is 1. The van der Waals surface area contributed by atoms with Gasteiger partial charge in [0.1, 0.15) is 0 Å². The van der Waals surface area contributed by atoms with Crippen molar-refractivity contribution >= 4 is 6.03 Å². The van der Waals surface area contributed by atoms with Gasteiger partial charge in [0, 0.05) is 37.2 Å². The molecular weight excluding hydrogens is 635 g/mol. The molecule has 2 amide bonds. The van der Waals surface area contributed by atoms with E-state index in [2.05, 4.69) is 101 Å². The summed E-state index contributed by atoms with van der Waals surface area (Å²) in [6.07, 6.45) is 7.57. The van der Waals surface area contributed by atoms with Gasteiger partial charge in [0.15, 0.2) is 6.29 Å². The second-order valence-electron chi connectivity index (χ2n) is 15.8. The molecule has 4 aromatic rings. The third kappa shape index (κ3) is 7.92. The monoisotopic (exact) mass is 685 g/mol. The van der Waals surface area contributed by atoms with E-state index in [0.29, 0.717) is 6.54 Å². The van der Waals surface area contributed by atoms with E-state index >= 15 is 0 Å². The first-order valence-corrected chi connectivity index (χ1v) is 18.9. The molecule has 0 aromatic heterocycles. The van der Waals surface area contributed by atoms with Crippen LogP contribution in [0, 0.1) is 17.8 Å². The molecule has 4 bridgehead atoms. The number of rotatable bonds is 11. The SMILES string of the molecule is CN(Cc1ccccc1)CC1CC(c2ccc(CO)cc2)OC(c2ccc(-c3ccccc3CNC(=O)NC34CC5CC(CC(C5)C3)C4)cc2)O1. The summed E-state index contributed by atoms with van der Waals surface area (Å²) < 4.78 is 13.3. The number of carbonyl (C=O) groups excluding carboxylic acids is 1. The number of nitrogens with one attached hydrogen (secondary N) is 2. The van der Waals surface area contributed by atoms with Gasteiger partial charge < -0.3 is 25.2 Å². The van der Waals surface area contributed by atoms with Crippen molar-refractivity contribution in [2.45, 2.75) is 88.7 Å². The summed E-state index contributed by atoms with van der Waals surface area (Å²) in [5.74, 6) is 2.38. The molecule has 3 atom stereocenters. The Kier molecular flexibility index (Phi) is 9.97. The van der Waals surface area contributed by atoms with Gasteiger partial charge in [-0.3, -0.25) is 4.90 Å². The zero-order chi connectivity index (χ0) is 34.8. The predicted molar refractivity (Wildman–Crippen MR) is 199 cm³/mol. The third-order valence-corrected chi connectivity index (χ3v) is 11.8. The van der Waals surface area contributed by atoms with Crippen LogP contribution in [0.2, 0.25) is 0 Å². The van der Waals surface area contributed by atoms with Crippen molar-refractivity contribution < 1.29 is 19.4 Å². The van der Waals surface area contributed by atoms with Crippen LogP contribution < -0.4 is 10.6 Å². The minimum Gasteiger partial charge on any atom is -0.392 e. The van der Waals surface area contributed by atoms with E-state index in [-0.39, 0.29) is 30.4 Å². The number of benzene rings is 4. The van der Waals surface area contributed by atoms with E-state index in [4.69, 9.17) is 9.47 Å². The topological polar surface area (TPSA) is 83.1 Å². The second kappa shape index (κ2) is 14.9. The Morgan fingerprint density at radius 2 is 1.41 bits per heavy atom. The van der Waals surface area contributed by atoms with E-state index < -0.39 is 6.29 Å². The van der Waals surface area contributed by atoms with Crippen molar-refractivity contribution in [2.75, 3.05) is 13.6 Å². The molecule has 0 spiro atoms. The van der Waals surface area contributed by atoms with Gasteiger partial charge in [-0.2, -0.15) is 0 Å². The average Bonchev–Trinajstić information content (AvgIpc) is 3.14. The quantitative estimate of drug-likeness (QED) is 0.148. The molecule has 1 aliphatic heterocycles. The number of amides is 2. The fourth-order valence-electron chi connectivity index (χ4n) is 9.84. The Labute approximate surface area is 302 Å². The Hall–Kier alpha value is -4.01. The maximum atomic E-state index is 13.3. The molecule has 1 heterocycles. The molecule has 51 heavy (non-hydrogen) atoms. The Morgan fingerprint density at radius 1 is 0.765 bits per heavy atom. The molecule has 9 rings (SSSR count). The number of hydrogen-bond acceptors (Lipinski definition) is 5.